The summed E-state index contributed by atoms with van der Waals surface area (Å²) in [6.07, 6.45) is 0. The Morgan fingerprint density at radius 2 is 1.79 bits per heavy atom. The molecule has 0 unspecified atom stereocenters. The fraction of sp³-hybridized carbons (Fsp3) is 0.389. The molecular formula is C18H24BrN3OS. The largest absolute Gasteiger partial charge is 0.334 e. The first-order chi connectivity index (χ1) is 11.6. The van der Waals surface area contributed by atoms with Gasteiger partial charge in [-0.3, -0.25) is 4.90 Å². The average molecular weight is 410 g/mol. The van der Waals surface area contributed by atoms with Gasteiger partial charge in [0.15, 0.2) is 0 Å². The zero-order valence-corrected chi connectivity index (χ0v) is 16.5. The van der Waals surface area contributed by atoms with Gasteiger partial charge in [-0.15, -0.1) is 11.3 Å². The molecular weight excluding hydrogens is 386 g/mol. The predicted molar refractivity (Wildman–Crippen MR) is 104 cm³/mol. The van der Waals surface area contributed by atoms with Crippen LogP contribution in [0, 0.1) is 0 Å². The number of nitrogens with one attached hydrogen (secondary N) is 2. The van der Waals surface area contributed by atoms with Gasteiger partial charge in [-0.1, -0.05) is 38.1 Å². The van der Waals surface area contributed by atoms with Crippen molar-refractivity contribution in [2.24, 2.45) is 0 Å². The van der Waals surface area contributed by atoms with Crippen molar-refractivity contribution < 1.29 is 4.79 Å². The zero-order chi connectivity index (χ0) is 17.4. The molecule has 130 valence electrons. The van der Waals surface area contributed by atoms with Crippen LogP contribution in [0.25, 0.3) is 0 Å². The number of hydrogen-bond donors (Lipinski definition) is 2. The maximum absolute atomic E-state index is 12.0. The zero-order valence-electron chi connectivity index (χ0n) is 14.1. The van der Waals surface area contributed by atoms with Crippen LogP contribution in [0.4, 0.5) is 4.79 Å². The minimum Gasteiger partial charge on any atom is -0.334 e. The molecule has 2 amide bonds. The maximum atomic E-state index is 12.0. The molecule has 0 aliphatic heterocycles. The summed E-state index contributed by atoms with van der Waals surface area (Å²) in [6.45, 7) is 8.38. The van der Waals surface area contributed by atoms with E-state index in [-0.39, 0.29) is 6.03 Å². The third-order valence-corrected chi connectivity index (χ3v) is 5.59. The Morgan fingerprint density at radius 3 is 2.42 bits per heavy atom. The van der Waals surface area contributed by atoms with E-state index in [4.69, 9.17) is 0 Å². The SMILES string of the molecule is CCN(CC)Cc1ccccc1CNC(=O)NCc1cc(Br)cs1. The van der Waals surface area contributed by atoms with Crippen LogP contribution in [0.1, 0.15) is 29.9 Å². The second-order valence-electron chi connectivity index (χ2n) is 5.50. The number of nitrogens with zero attached hydrogens (tertiary/aromatic N) is 1. The van der Waals surface area contributed by atoms with Crippen molar-refractivity contribution in [1.29, 1.82) is 0 Å². The summed E-state index contributed by atoms with van der Waals surface area (Å²) in [7, 11) is 0. The summed E-state index contributed by atoms with van der Waals surface area (Å²) in [5, 5.41) is 7.86. The molecule has 0 aliphatic rings. The number of benzene rings is 1. The van der Waals surface area contributed by atoms with E-state index in [1.165, 1.54) is 11.1 Å². The van der Waals surface area contributed by atoms with Crippen LogP contribution in [0.5, 0.6) is 0 Å². The van der Waals surface area contributed by atoms with E-state index >= 15 is 0 Å². The molecule has 24 heavy (non-hydrogen) atoms. The Kier molecular flexibility index (Phi) is 7.75. The number of carbonyl (C=O) groups excluding carboxylic acids is 1. The van der Waals surface area contributed by atoms with Gasteiger partial charge in [0.25, 0.3) is 0 Å². The lowest BCUT2D eigenvalue weighted by Crippen LogP contribution is -2.34. The number of hydrogen-bond acceptors (Lipinski definition) is 3. The van der Waals surface area contributed by atoms with Crippen molar-refractivity contribution in [1.82, 2.24) is 15.5 Å². The smallest absolute Gasteiger partial charge is 0.315 e. The summed E-state index contributed by atoms with van der Waals surface area (Å²) < 4.78 is 1.05. The number of halogens is 1. The quantitative estimate of drug-likeness (QED) is 0.680. The molecule has 0 spiro atoms. The molecule has 0 fully saturated rings. The fourth-order valence-electron chi connectivity index (χ4n) is 2.42. The first kappa shape index (κ1) is 19.0. The molecule has 0 atom stereocenters. The molecule has 0 aliphatic carbocycles. The van der Waals surface area contributed by atoms with Crippen molar-refractivity contribution in [2.45, 2.75) is 33.5 Å². The monoisotopic (exact) mass is 409 g/mol. The minimum absolute atomic E-state index is 0.142. The molecule has 0 saturated heterocycles. The van der Waals surface area contributed by atoms with E-state index in [0.717, 1.165) is 29.0 Å². The van der Waals surface area contributed by atoms with Crippen molar-refractivity contribution in [3.05, 3.63) is 56.2 Å². The van der Waals surface area contributed by atoms with E-state index < -0.39 is 0 Å². The van der Waals surface area contributed by atoms with E-state index in [0.29, 0.717) is 13.1 Å². The van der Waals surface area contributed by atoms with Gasteiger partial charge >= 0.3 is 6.03 Å². The van der Waals surface area contributed by atoms with Crippen molar-refractivity contribution >= 4 is 33.3 Å². The minimum atomic E-state index is -0.142. The van der Waals surface area contributed by atoms with Crippen molar-refractivity contribution in [3.8, 4) is 0 Å². The normalized spacial score (nSPS) is 10.8. The highest BCUT2D eigenvalue weighted by molar-refractivity contribution is 9.10. The van der Waals surface area contributed by atoms with Crippen LogP contribution in [0.15, 0.2) is 40.2 Å². The average Bonchev–Trinajstić information content (AvgIpc) is 3.02. The van der Waals surface area contributed by atoms with Gasteiger partial charge in [-0.2, -0.15) is 0 Å². The van der Waals surface area contributed by atoms with Gasteiger partial charge in [0.2, 0.25) is 0 Å². The van der Waals surface area contributed by atoms with E-state index in [1.807, 2.05) is 17.5 Å². The van der Waals surface area contributed by atoms with Crippen molar-refractivity contribution in [3.63, 3.8) is 0 Å². The first-order valence-electron chi connectivity index (χ1n) is 8.16. The third-order valence-electron chi connectivity index (χ3n) is 3.89. The number of rotatable bonds is 8. The van der Waals surface area contributed by atoms with Crippen LogP contribution < -0.4 is 10.6 Å². The van der Waals surface area contributed by atoms with Crippen LogP contribution in [-0.2, 0) is 19.6 Å². The molecule has 2 N–H and O–H groups in total. The lowest BCUT2D eigenvalue weighted by atomic mass is 10.1. The summed E-state index contributed by atoms with van der Waals surface area (Å²) in [6, 6.07) is 10.2. The predicted octanol–water partition coefficient (Wildman–Crippen LogP) is 4.35. The Balaban J connectivity index is 1.85. The summed E-state index contributed by atoms with van der Waals surface area (Å²) in [4.78, 5) is 15.5. The fourth-order valence-corrected chi connectivity index (χ4v) is 3.81. The molecule has 1 aromatic heterocycles. The Bertz CT molecular complexity index is 655. The molecule has 6 heteroatoms. The second kappa shape index (κ2) is 9.81. The van der Waals surface area contributed by atoms with Gasteiger partial charge in [0.1, 0.15) is 0 Å². The second-order valence-corrected chi connectivity index (χ2v) is 7.41. The van der Waals surface area contributed by atoms with Gasteiger partial charge in [-0.05, 0) is 46.2 Å². The number of amides is 2. The molecule has 1 aromatic carbocycles. The molecule has 4 nitrogen and oxygen atoms in total. The molecule has 0 saturated carbocycles. The molecule has 0 radical (unpaired) electrons. The number of thiophene rings is 1. The van der Waals surface area contributed by atoms with Gasteiger partial charge in [0.05, 0.1) is 6.54 Å². The van der Waals surface area contributed by atoms with Crippen LogP contribution >= 0.6 is 27.3 Å². The highest BCUT2D eigenvalue weighted by Crippen LogP contribution is 2.19. The first-order valence-corrected chi connectivity index (χ1v) is 9.83. The van der Waals surface area contributed by atoms with Crippen LogP contribution in [0.2, 0.25) is 0 Å². The standard InChI is InChI=1S/C18H24BrN3OS/c1-3-22(4-2)12-15-8-6-5-7-14(15)10-20-18(23)21-11-17-9-16(19)13-24-17/h5-9,13H,3-4,10-12H2,1-2H3,(H2,20,21,23). The number of carbonyl (C=O) groups is 1. The molecule has 1 heterocycles. The summed E-state index contributed by atoms with van der Waals surface area (Å²) in [5.74, 6) is 0. The van der Waals surface area contributed by atoms with Gasteiger partial charge in [0, 0.05) is 27.8 Å². The van der Waals surface area contributed by atoms with E-state index in [2.05, 4.69) is 63.5 Å². The lowest BCUT2D eigenvalue weighted by Gasteiger charge is -2.20. The molecule has 2 aromatic rings. The van der Waals surface area contributed by atoms with Crippen LogP contribution in [-0.4, -0.2) is 24.0 Å². The Hall–Kier alpha value is -1.37. The van der Waals surface area contributed by atoms with Gasteiger partial charge in [-0.25, -0.2) is 4.79 Å². The summed E-state index contributed by atoms with van der Waals surface area (Å²) in [5.41, 5.74) is 2.43. The molecule has 2 rings (SSSR count). The maximum Gasteiger partial charge on any atom is 0.315 e. The highest BCUT2D eigenvalue weighted by Gasteiger charge is 2.08. The van der Waals surface area contributed by atoms with Gasteiger partial charge < -0.3 is 10.6 Å². The Labute approximate surface area is 156 Å². The third kappa shape index (κ3) is 5.92. The van der Waals surface area contributed by atoms with E-state index in [1.54, 1.807) is 11.3 Å². The lowest BCUT2D eigenvalue weighted by molar-refractivity contribution is 0.240. The molecule has 0 bridgehead atoms. The van der Waals surface area contributed by atoms with Crippen LogP contribution in [0.3, 0.4) is 0 Å². The summed E-state index contributed by atoms with van der Waals surface area (Å²) >= 11 is 5.04. The Morgan fingerprint density at radius 1 is 1.12 bits per heavy atom. The number of urea groups is 1. The van der Waals surface area contributed by atoms with E-state index in [9.17, 15) is 4.79 Å². The highest BCUT2D eigenvalue weighted by atomic mass is 79.9. The topological polar surface area (TPSA) is 44.4 Å². The van der Waals surface area contributed by atoms with Crippen molar-refractivity contribution in [2.75, 3.05) is 13.1 Å².